The van der Waals surface area contributed by atoms with Crippen LogP contribution in [0.4, 0.5) is 0 Å². The van der Waals surface area contributed by atoms with Gasteiger partial charge in [-0.05, 0) is 0 Å². The van der Waals surface area contributed by atoms with Crippen molar-refractivity contribution in [3.8, 4) is 0 Å². The van der Waals surface area contributed by atoms with Crippen molar-refractivity contribution < 1.29 is 0 Å². The first-order valence-electron chi connectivity index (χ1n) is 5.47. The summed E-state index contributed by atoms with van der Waals surface area (Å²) in [7, 11) is 6.01. The van der Waals surface area contributed by atoms with Crippen LogP contribution in [0.1, 0.15) is 6.92 Å². The van der Waals surface area contributed by atoms with E-state index in [2.05, 4.69) is 67.6 Å². The molecule has 0 nitrogen and oxygen atoms in total. The van der Waals surface area contributed by atoms with Gasteiger partial charge in [-0.2, -0.15) is 0 Å². The van der Waals surface area contributed by atoms with Gasteiger partial charge in [0, 0.05) is 0 Å². The Morgan fingerprint density at radius 2 is 1.19 bits per heavy atom. The van der Waals surface area contributed by atoms with Crippen molar-refractivity contribution in [3.05, 3.63) is 60.7 Å². The van der Waals surface area contributed by atoms with E-state index in [9.17, 15) is 0 Å². The van der Waals surface area contributed by atoms with Crippen LogP contribution in [0.5, 0.6) is 0 Å². The van der Waals surface area contributed by atoms with Crippen LogP contribution in [0.15, 0.2) is 60.7 Å². The maximum atomic E-state index is 6.01. The summed E-state index contributed by atoms with van der Waals surface area (Å²) in [4.78, 5) is 0. The van der Waals surface area contributed by atoms with Crippen LogP contribution in [0.2, 0.25) is 5.21 Å². The van der Waals surface area contributed by atoms with E-state index in [1.54, 1.807) is 0 Å². The first kappa shape index (κ1) is 11.7. The maximum absolute atomic E-state index is 6.01. The van der Waals surface area contributed by atoms with Gasteiger partial charge in [-0.25, -0.2) is 0 Å². The third kappa shape index (κ3) is 2.16. The van der Waals surface area contributed by atoms with Crippen molar-refractivity contribution in [2.45, 2.75) is 12.1 Å². The molecular formula is C14H15AsS. The molecule has 0 aliphatic rings. The molecule has 0 N–H and O–H groups in total. The minimum absolute atomic E-state index is 1.10. The van der Waals surface area contributed by atoms with Gasteiger partial charge in [0.2, 0.25) is 0 Å². The molecule has 0 fully saturated rings. The molecule has 0 bridgehead atoms. The van der Waals surface area contributed by atoms with E-state index in [0.29, 0.717) is 0 Å². The van der Waals surface area contributed by atoms with Crippen molar-refractivity contribution in [3.63, 3.8) is 0 Å². The molecule has 0 amide bonds. The molecule has 16 heavy (non-hydrogen) atoms. The van der Waals surface area contributed by atoms with Crippen molar-refractivity contribution in [2.24, 2.45) is 0 Å². The van der Waals surface area contributed by atoms with Crippen LogP contribution in [-0.2, 0) is 0 Å². The monoisotopic (exact) mass is 290 g/mol. The number of hydrogen-bond acceptors (Lipinski definition) is 1. The Labute approximate surface area is 104 Å². The standard InChI is InChI=1S/C14H15AsS/c1-2-15(16,13-9-5-3-6-10-13)14-11-7-4-8-12-14/h3-12H,2H2,1H3. The Morgan fingerprint density at radius 1 is 0.812 bits per heavy atom. The van der Waals surface area contributed by atoms with Crippen LogP contribution in [0.3, 0.4) is 0 Å². The van der Waals surface area contributed by atoms with Crippen LogP contribution in [0, 0.1) is 0 Å². The quantitative estimate of drug-likeness (QED) is 0.783. The van der Waals surface area contributed by atoms with Gasteiger partial charge in [0.05, 0.1) is 0 Å². The molecule has 0 saturated carbocycles. The minimum atomic E-state index is -2.27. The molecule has 0 atom stereocenters. The summed E-state index contributed by atoms with van der Waals surface area (Å²) in [6.45, 7) is 2.22. The van der Waals surface area contributed by atoms with E-state index in [-0.39, 0.29) is 0 Å². The summed E-state index contributed by atoms with van der Waals surface area (Å²) in [5, 5.41) is 1.10. The SMILES string of the molecule is CC[As](=S)(c1ccccc1)c1ccccc1. The van der Waals surface area contributed by atoms with Crippen molar-refractivity contribution >= 4 is 31.0 Å². The van der Waals surface area contributed by atoms with E-state index in [0.717, 1.165) is 5.21 Å². The molecule has 0 heterocycles. The molecule has 0 spiro atoms. The summed E-state index contributed by atoms with van der Waals surface area (Å²) in [5.41, 5.74) is 0. The van der Waals surface area contributed by atoms with Gasteiger partial charge in [-0.1, -0.05) is 0 Å². The molecule has 0 aromatic heterocycles. The molecule has 2 rings (SSSR count). The van der Waals surface area contributed by atoms with E-state index in [4.69, 9.17) is 10.4 Å². The van der Waals surface area contributed by atoms with Crippen LogP contribution >= 0.6 is 10.4 Å². The van der Waals surface area contributed by atoms with Gasteiger partial charge in [-0.15, -0.1) is 0 Å². The average Bonchev–Trinajstić information content (AvgIpc) is 2.40. The predicted octanol–water partition coefficient (Wildman–Crippen LogP) is 2.96. The fraction of sp³-hybridized carbons (Fsp3) is 0.143. The molecule has 0 aliphatic carbocycles. The Hall–Kier alpha value is -0.782. The molecule has 2 heteroatoms. The number of benzene rings is 2. The van der Waals surface area contributed by atoms with Gasteiger partial charge >= 0.3 is 104 Å². The van der Waals surface area contributed by atoms with E-state index >= 15 is 0 Å². The zero-order valence-electron chi connectivity index (χ0n) is 9.34. The van der Waals surface area contributed by atoms with Gasteiger partial charge in [-0.3, -0.25) is 0 Å². The molecule has 0 saturated heterocycles. The molecule has 2 aromatic rings. The van der Waals surface area contributed by atoms with Crippen LogP contribution in [-0.4, -0.2) is 11.9 Å². The average molecular weight is 290 g/mol. The second kappa shape index (κ2) is 5.03. The van der Waals surface area contributed by atoms with Crippen LogP contribution in [0.25, 0.3) is 0 Å². The van der Waals surface area contributed by atoms with Crippen molar-refractivity contribution in [2.75, 3.05) is 0 Å². The number of hydrogen-bond donors (Lipinski definition) is 0. The number of rotatable bonds is 3. The van der Waals surface area contributed by atoms with Gasteiger partial charge < -0.3 is 0 Å². The first-order chi connectivity index (χ1) is 7.77. The Bertz CT molecular complexity index is 447. The van der Waals surface area contributed by atoms with E-state index in [1.807, 2.05) is 0 Å². The fourth-order valence-corrected chi connectivity index (χ4v) is 8.02. The Kier molecular flexibility index (Phi) is 3.68. The second-order valence-corrected chi connectivity index (χ2v) is 13.6. The third-order valence-corrected chi connectivity index (χ3v) is 12.9. The molecule has 0 radical (unpaired) electrons. The molecule has 0 aliphatic heterocycles. The fourth-order valence-electron chi connectivity index (χ4n) is 1.85. The van der Waals surface area contributed by atoms with Gasteiger partial charge in [0.15, 0.2) is 0 Å². The van der Waals surface area contributed by atoms with Crippen LogP contribution < -0.4 is 8.70 Å². The normalized spacial score (nSPS) is 11.3. The Balaban J connectivity index is 2.54. The molecule has 82 valence electrons. The van der Waals surface area contributed by atoms with Crippen molar-refractivity contribution in [1.82, 2.24) is 0 Å². The molecule has 2 aromatic carbocycles. The van der Waals surface area contributed by atoms with E-state index < -0.39 is 11.9 Å². The predicted molar refractivity (Wildman–Crippen MR) is 76.0 cm³/mol. The third-order valence-electron chi connectivity index (χ3n) is 2.79. The van der Waals surface area contributed by atoms with Gasteiger partial charge in [0.25, 0.3) is 0 Å². The summed E-state index contributed by atoms with van der Waals surface area (Å²) in [6.07, 6.45) is 0. The van der Waals surface area contributed by atoms with Crippen molar-refractivity contribution in [1.29, 1.82) is 0 Å². The second-order valence-electron chi connectivity index (χ2n) is 3.73. The summed E-state index contributed by atoms with van der Waals surface area (Å²) in [5.74, 6) is 0. The topological polar surface area (TPSA) is 0 Å². The zero-order valence-corrected chi connectivity index (χ0v) is 12.0. The molecule has 0 unspecified atom stereocenters. The first-order valence-corrected chi connectivity index (χ1v) is 11.3. The zero-order chi connectivity index (χ0) is 11.4. The summed E-state index contributed by atoms with van der Waals surface area (Å²) < 4.78 is 2.76. The summed E-state index contributed by atoms with van der Waals surface area (Å²) in [6, 6.07) is 21.2. The Morgan fingerprint density at radius 3 is 1.50 bits per heavy atom. The van der Waals surface area contributed by atoms with E-state index in [1.165, 1.54) is 8.70 Å². The molecular weight excluding hydrogens is 275 g/mol. The van der Waals surface area contributed by atoms with Gasteiger partial charge in [0.1, 0.15) is 0 Å². The summed E-state index contributed by atoms with van der Waals surface area (Å²) >= 11 is -2.27.